The monoisotopic (exact) mass is 254 g/mol. The van der Waals surface area contributed by atoms with E-state index in [1.54, 1.807) is 0 Å². The van der Waals surface area contributed by atoms with Crippen LogP contribution in [0.3, 0.4) is 0 Å². The van der Waals surface area contributed by atoms with Gasteiger partial charge in [0.1, 0.15) is 0 Å². The summed E-state index contributed by atoms with van der Waals surface area (Å²) in [7, 11) is 0. The molecule has 1 N–H and O–H groups in total. The van der Waals surface area contributed by atoms with Gasteiger partial charge in [0.2, 0.25) is 0 Å². The lowest BCUT2D eigenvalue weighted by Gasteiger charge is -2.34. The zero-order valence-electron chi connectivity index (χ0n) is 10.8. The minimum Gasteiger partial charge on any atom is -0.376 e. The number of carbonyl (C=O) groups excluding carboxylic acids is 1. The number of ether oxygens (including phenoxy) is 2. The summed E-state index contributed by atoms with van der Waals surface area (Å²) in [5, 5.41) is 3.40. The van der Waals surface area contributed by atoms with Gasteiger partial charge in [0.25, 0.3) is 5.91 Å². The van der Waals surface area contributed by atoms with Gasteiger partial charge in [0.05, 0.1) is 19.8 Å². The minimum absolute atomic E-state index is 0.130. The van der Waals surface area contributed by atoms with Crippen LogP contribution in [-0.2, 0) is 14.3 Å². The molecule has 5 heteroatoms. The summed E-state index contributed by atoms with van der Waals surface area (Å²) in [4.78, 5) is 14.3. The van der Waals surface area contributed by atoms with E-state index in [4.69, 9.17) is 9.47 Å². The second-order valence-corrected chi connectivity index (χ2v) is 5.69. The molecule has 3 saturated heterocycles. The molecule has 3 aliphatic rings. The highest BCUT2D eigenvalue weighted by molar-refractivity contribution is 5.81. The molecule has 1 amide bonds. The predicted octanol–water partition coefficient (Wildman–Crippen LogP) is 0.00390. The third-order valence-electron chi connectivity index (χ3n) is 4.51. The maximum Gasteiger partial charge on any atom is 0.254 e. The van der Waals surface area contributed by atoms with Crippen LogP contribution in [0, 0.1) is 5.41 Å². The zero-order chi connectivity index (χ0) is 12.4. The highest BCUT2D eigenvalue weighted by Gasteiger charge is 2.42. The Hall–Kier alpha value is -0.650. The lowest BCUT2D eigenvalue weighted by atomic mass is 9.78. The Morgan fingerprint density at radius 1 is 1.22 bits per heavy atom. The van der Waals surface area contributed by atoms with Gasteiger partial charge in [-0.3, -0.25) is 4.79 Å². The smallest absolute Gasteiger partial charge is 0.254 e. The molecule has 0 saturated carbocycles. The van der Waals surface area contributed by atoms with Crippen molar-refractivity contribution >= 4 is 5.91 Å². The largest absolute Gasteiger partial charge is 0.376 e. The number of piperidine rings is 1. The molecule has 3 aliphatic heterocycles. The first-order valence-electron chi connectivity index (χ1n) is 6.98. The molecular formula is C13H22N2O3. The number of hydrogen-bond acceptors (Lipinski definition) is 4. The molecule has 3 rings (SSSR count). The van der Waals surface area contributed by atoms with Crippen molar-refractivity contribution < 1.29 is 14.3 Å². The summed E-state index contributed by atoms with van der Waals surface area (Å²) in [6.45, 7) is 5.55. The molecule has 0 bridgehead atoms. The molecule has 1 spiro atoms. The van der Waals surface area contributed by atoms with E-state index in [9.17, 15) is 4.79 Å². The fourth-order valence-electron chi connectivity index (χ4n) is 3.32. The fraction of sp³-hybridized carbons (Fsp3) is 0.923. The van der Waals surface area contributed by atoms with Gasteiger partial charge in [0.15, 0.2) is 6.10 Å². The third-order valence-corrected chi connectivity index (χ3v) is 4.51. The Kier molecular flexibility index (Phi) is 3.54. The molecule has 0 aromatic heterocycles. The number of carbonyl (C=O) groups is 1. The molecule has 3 fully saturated rings. The highest BCUT2D eigenvalue weighted by atomic mass is 16.6. The summed E-state index contributed by atoms with van der Waals surface area (Å²) in [6, 6.07) is 0. The zero-order valence-corrected chi connectivity index (χ0v) is 10.8. The van der Waals surface area contributed by atoms with Gasteiger partial charge in [-0.1, -0.05) is 0 Å². The molecule has 0 aromatic carbocycles. The molecule has 1 atom stereocenters. The van der Waals surface area contributed by atoms with Crippen LogP contribution >= 0.6 is 0 Å². The molecule has 18 heavy (non-hydrogen) atoms. The van der Waals surface area contributed by atoms with Crippen LogP contribution in [0.4, 0.5) is 0 Å². The molecule has 0 aromatic rings. The number of nitrogens with one attached hydrogen (secondary N) is 1. The van der Waals surface area contributed by atoms with Crippen molar-refractivity contribution in [3.63, 3.8) is 0 Å². The third kappa shape index (κ3) is 2.39. The van der Waals surface area contributed by atoms with Gasteiger partial charge in [-0.05, 0) is 37.8 Å². The fourth-order valence-corrected chi connectivity index (χ4v) is 3.32. The van der Waals surface area contributed by atoms with Crippen LogP contribution < -0.4 is 5.32 Å². The Bertz CT molecular complexity index is 309. The van der Waals surface area contributed by atoms with E-state index in [0.717, 1.165) is 32.6 Å². The average Bonchev–Trinajstić information content (AvgIpc) is 2.83. The summed E-state index contributed by atoms with van der Waals surface area (Å²) in [5.74, 6) is 0.130. The Morgan fingerprint density at radius 2 is 2.06 bits per heavy atom. The quantitative estimate of drug-likeness (QED) is 0.716. The molecule has 5 nitrogen and oxygen atoms in total. The van der Waals surface area contributed by atoms with Crippen molar-refractivity contribution in [3.8, 4) is 0 Å². The topological polar surface area (TPSA) is 50.8 Å². The number of hydrogen-bond donors (Lipinski definition) is 1. The van der Waals surface area contributed by atoms with Crippen molar-refractivity contribution in [2.24, 2.45) is 5.41 Å². The van der Waals surface area contributed by atoms with Crippen LogP contribution in [-0.4, -0.2) is 62.9 Å². The van der Waals surface area contributed by atoms with Crippen LogP contribution in [0.25, 0.3) is 0 Å². The van der Waals surface area contributed by atoms with Crippen molar-refractivity contribution in [2.75, 3.05) is 46.0 Å². The lowest BCUT2D eigenvalue weighted by molar-refractivity contribution is -0.157. The summed E-state index contributed by atoms with van der Waals surface area (Å²) >= 11 is 0. The van der Waals surface area contributed by atoms with E-state index in [-0.39, 0.29) is 12.0 Å². The summed E-state index contributed by atoms with van der Waals surface area (Å²) < 4.78 is 10.8. The van der Waals surface area contributed by atoms with Crippen LogP contribution in [0.1, 0.15) is 19.3 Å². The maximum atomic E-state index is 12.3. The van der Waals surface area contributed by atoms with E-state index >= 15 is 0 Å². The number of likely N-dealkylation sites (tertiary alicyclic amines) is 1. The molecule has 0 radical (unpaired) electrons. The van der Waals surface area contributed by atoms with Crippen LogP contribution in [0.15, 0.2) is 0 Å². The number of nitrogens with zero attached hydrogens (tertiary/aromatic N) is 1. The second kappa shape index (κ2) is 5.15. The first kappa shape index (κ1) is 12.4. The van der Waals surface area contributed by atoms with Crippen molar-refractivity contribution in [3.05, 3.63) is 0 Å². The molecule has 1 unspecified atom stereocenters. The Morgan fingerprint density at radius 3 is 2.78 bits per heavy atom. The number of rotatable bonds is 1. The van der Waals surface area contributed by atoms with E-state index in [1.165, 1.54) is 12.8 Å². The SMILES string of the molecule is O=C(C1COCCO1)N1CCC2(CCNCC2)C1. The summed E-state index contributed by atoms with van der Waals surface area (Å²) in [6.07, 6.45) is 3.17. The van der Waals surface area contributed by atoms with Gasteiger partial charge in [-0.2, -0.15) is 0 Å². The normalized spacial score (nSPS) is 31.8. The van der Waals surface area contributed by atoms with E-state index in [0.29, 0.717) is 25.2 Å². The van der Waals surface area contributed by atoms with E-state index in [2.05, 4.69) is 5.32 Å². The lowest BCUT2D eigenvalue weighted by Crippen LogP contribution is -2.46. The van der Waals surface area contributed by atoms with Crippen LogP contribution in [0.5, 0.6) is 0 Å². The number of amides is 1. The van der Waals surface area contributed by atoms with E-state index in [1.807, 2.05) is 4.90 Å². The predicted molar refractivity (Wildman–Crippen MR) is 66.3 cm³/mol. The average molecular weight is 254 g/mol. The molecule has 0 aliphatic carbocycles. The standard InChI is InChI=1S/C13H22N2O3/c16-12(11-9-17-7-8-18-11)15-6-3-13(10-15)1-4-14-5-2-13/h11,14H,1-10H2. The minimum atomic E-state index is -0.365. The Labute approximate surface area is 108 Å². The van der Waals surface area contributed by atoms with Crippen molar-refractivity contribution in [1.82, 2.24) is 10.2 Å². The molecular weight excluding hydrogens is 232 g/mol. The summed E-state index contributed by atoms with van der Waals surface area (Å²) in [5.41, 5.74) is 0.371. The Balaban J connectivity index is 1.59. The maximum absolute atomic E-state index is 12.3. The first-order valence-corrected chi connectivity index (χ1v) is 6.98. The molecule has 102 valence electrons. The molecule has 3 heterocycles. The second-order valence-electron chi connectivity index (χ2n) is 5.69. The van der Waals surface area contributed by atoms with Crippen LogP contribution in [0.2, 0.25) is 0 Å². The van der Waals surface area contributed by atoms with Gasteiger partial charge in [-0.25, -0.2) is 0 Å². The van der Waals surface area contributed by atoms with E-state index < -0.39 is 0 Å². The van der Waals surface area contributed by atoms with Gasteiger partial charge < -0.3 is 19.7 Å². The van der Waals surface area contributed by atoms with Gasteiger partial charge in [0, 0.05) is 13.1 Å². The van der Waals surface area contributed by atoms with Gasteiger partial charge >= 0.3 is 0 Å². The first-order chi connectivity index (χ1) is 8.79. The van der Waals surface area contributed by atoms with Crippen molar-refractivity contribution in [2.45, 2.75) is 25.4 Å². The van der Waals surface area contributed by atoms with Gasteiger partial charge in [-0.15, -0.1) is 0 Å². The highest BCUT2D eigenvalue weighted by Crippen LogP contribution is 2.38. The van der Waals surface area contributed by atoms with Crippen molar-refractivity contribution in [1.29, 1.82) is 0 Å².